The summed E-state index contributed by atoms with van der Waals surface area (Å²) >= 11 is 0. The number of alkyl halides is 2. The molecular formula is C18H14F2O2. The molecule has 0 aromatic heterocycles. The van der Waals surface area contributed by atoms with E-state index >= 15 is 0 Å². The number of esters is 1. The van der Waals surface area contributed by atoms with Crippen molar-refractivity contribution in [3.8, 4) is 0 Å². The van der Waals surface area contributed by atoms with E-state index in [1.54, 1.807) is 6.07 Å². The predicted octanol–water partition coefficient (Wildman–Crippen LogP) is 4.69. The fourth-order valence-electron chi connectivity index (χ4n) is 2.35. The van der Waals surface area contributed by atoms with Crippen LogP contribution in [0.3, 0.4) is 0 Å². The van der Waals surface area contributed by atoms with Crippen LogP contribution >= 0.6 is 0 Å². The second-order valence-electron chi connectivity index (χ2n) is 5.35. The van der Waals surface area contributed by atoms with E-state index in [4.69, 9.17) is 0 Å². The highest BCUT2D eigenvalue weighted by Crippen LogP contribution is 2.24. The summed E-state index contributed by atoms with van der Waals surface area (Å²) in [7, 11) is 0. The first kappa shape index (κ1) is 14.4. The van der Waals surface area contributed by atoms with Crippen molar-refractivity contribution in [1.82, 2.24) is 0 Å². The van der Waals surface area contributed by atoms with Gasteiger partial charge in [-0.3, -0.25) is 0 Å². The number of ether oxygens (including phenoxy) is 1. The van der Waals surface area contributed by atoms with E-state index in [1.807, 2.05) is 42.5 Å². The maximum atomic E-state index is 12.8. The van der Waals surface area contributed by atoms with Crippen LogP contribution < -0.4 is 0 Å². The third-order valence-corrected chi connectivity index (χ3v) is 3.50. The van der Waals surface area contributed by atoms with Crippen LogP contribution in [0.4, 0.5) is 8.78 Å². The van der Waals surface area contributed by atoms with E-state index in [9.17, 15) is 13.6 Å². The van der Waals surface area contributed by atoms with Gasteiger partial charge in [0, 0.05) is 6.92 Å². The molecule has 0 aliphatic heterocycles. The molecule has 0 N–H and O–H groups in total. The average molecular weight is 300 g/mol. The molecule has 2 nitrogen and oxygen atoms in total. The number of halogens is 2. The zero-order valence-corrected chi connectivity index (χ0v) is 12.0. The molecular weight excluding hydrogens is 286 g/mol. The lowest BCUT2D eigenvalue weighted by Crippen LogP contribution is -2.26. The van der Waals surface area contributed by atoms with Crippen molar-refractivity contribution < 1.29 is 18.3 Å². The number of rotatable bonds is 3. The minimum absolute atomic E-state index is 0.162. The van der Waals surface area contributed by atoms with Crippen LogP contribution in [0.2, 0.25) is 0 Å². The molecule has 0 atom stereocenters. The molecule has 0 aliphatic carbocycles. The lowest BCUT2D eigenvalue weighted by atomic mass is 10.0. The highest BCUT2D eigenvalue weighted by atomic mass is 19.3. The highest BCUT2D eigenvalue weighted by molar-refractivity contribution is 5.98. The third kappa shape index (κ3) is 2.91. The van der Waals surface area contributed by atoms with Gasteiger partial charge in [-0.1, -0.05) is 36.4 Å². The van der Waals surface area contributed by atoms with Crippen LogP contribution in [0, 0.1) is 0 Å². The third-order valence-electron chi connectivity index (χ3n) is 3.50. The summed E-state index contributed by atoms with van der Waals surface area (Å²) in [5.41, 5.74) is 0.681. The van der Waals surface area contributed by atoms with Crippen LogP contribution in [0.15, 0.2) is 54.6 Å². The molecule has 3 rings (SSSR count). The van der Waals surface area contributed by atoms with Gasteiger partial charge in [0.25, 0.3) is 0 Å². The summed E-state index contributed by atoms with van der Waals surface area (Å²) in [5, 5.41) is 4.27. The number of hydrogen-bond donors (Lipinski definition) is 0. The molecule has 3 aromatic rings. The Labute approximate surface area is 126 Å². The summed E-state index contributed by atoms with van der Waals surface area (Å²) in [5.74, 6) is -4.97. The monoisotopic (exact) mass is 300 g/mol. The Morgan fingerprint density at radius 1 is 0.955 bits per heavy atom. The second kappa shape index (κ2) is 5.37. The van der Waals surface area contributed by atoms with Gasteiger partial charge >= 0.3 is 11.9 Å². The average Bonchev–Trinajstić information content (AvgIpc) is 2.49. The molecule has 0 heterocycles. The number of benzene rings is 3. The van der Waals surface area contributed by atoms with Crippen LogP contribution in [0.5, 0.6) is 0 Å². The Morgan fingerprint density at radius 3 is 2.18 bits per heavy atom. The van der Waals surface area contributed by atoms with Crippen LogP contribution in [0.25, 0.3) is 21.5 Å². The molecule has 0 radical (unpaired) electrons. The standard InChI is InChI=1S/C18H14F2O2/c1-18(19,20)17(21)22-11-12-6-7-15-9-13-4-2-3-5-14(13)10-16(15)8-12/h2-10H,11H2,1H3. The van der Waals surface area contributed by atoms with Crippen molar-refractivity contribution in [1.29, 1.82) is 0 Å². The van der Waals surface area contributed by atoms with E-state index < -0.39 is 11.9 Å². The van der Waals surface area contributed by atoms with Crippen molar-refractivity contribution in [2.24, 2.45) is 0 Å². The van der Waals surface area contributed by atoms with Gasteiger partial charge in [0.1, 0.15) is 6.61 Å². The lowest BCUT2D eigenvalue weighted by Gasteiger charge is -2.10. The molecule has 112 valence electrons. The van der Waals surface area contributed by atoms with Gasteiger partial charge in [-0.25, -0.2) is 4.79 Å². The van der Waals surface area contributed by atoms with Crippen molar-refractivity contribution in [2.45, 2.75) is 19.5 Å². The van der Waals surface area contributed by atoms with Gasteiger partial charge in [0.15, 0.2) is 0 Å². The Hall–Kier alpha value is -2.49. The summed E-state index contributed by atoms with van der Waals surface area (Å²) in [6.07, 6.45) is 0. The molecule has 0 bridgehead atoms. The van der Waals surface area contributed by atoms with Crippen molar-refractivity contribution in [2.75, 3.05) is 0 Å². The van der Waals surface area contributed by atoms with E-state index in [2.05, 4.69) is 10.8 Å². The molecule has 0 aliphatic rings. The first-order valence-electron chi connectivity index (χ1n) is 6.90. The van der Waals surface area contributed by atoms with Crippen molar-refractivity contribution in [3.05, 3.63) is 60.2 Å². The van der Waals surface area contributed by atoms with Gasteiger partial charge < -0.3 is 4.74 Å². The molecule has 0 saturated carbocycles. The maximum Gasteiger partial charge on any atom is 0.376 e. The lowest BCUT2D eigenvalue weighted by molar-refractivity contribution is -0.170. The van der Waals surface area contributed by atoms with E-state index in [0.717, 1.165) is 21.5 Å². The van der Waals surface area contributed by atoms with Gasteiger partial charge in [-0.15, -0.1) is 0 Å². The fourth-order valence-corrected chi connectivity index (χ4v) is 2.35. The Kier molecular flexibility index (Phi) is 3.53. The first-order chi connectivity index (χ1) is 10.4. The quantitative estimate of drug-likeness (QED) is 0.518. The van der Waals surface area contributed by atoms with Gasteiger partial charge in [-0.05, 0) is 45.3 Å². The molecule has 0 saturated heterocycles. The Morgan fingerprint density at radius 2 is 1.55 bits per heavy atom. The zero-order valence-electron chi connectivity index (χ0n) is 12.0. The van der Waals surface area contributed by atoms with Crippen LogP contribution in [-0.4, -0.2) is 11.9 Å². The molecule has 0 fully saturated rings. The number of carbonyl (C=O) groups excluding carboxylic acids is 1. The summed E-state index contributed by atoms with van der Waals surface area (Å²) in [4.78, 5) is 11.1. The van der Waals surface area contributed by atoms with Crippen molar-refractivity contribution >= 4 is 27.5 Å². The minimum atomic E-state index is -3.47. The molecule has 0 spiro atoms. The second-order valence-corrected chi connectivity index (χ2v) is 5.35. The zero-order chi connectivity index (χ0) is 15.7. The SMILES string of the molecule is CC(F)(F)C(=O)OCc1ccc2cc3ccccc3cc2c1. The smallest absolute Gasteiger partial charge is 0.376 e. The first-order valence-corrected chi connectivity index (χ1v) is 6.90. The molecule has 22 heavy (non-hydrogen) atoms. The number of carbonyl (C=O) groups is 1. The van der Waals surface area contributed by atoms with Gasteiger partial charge in [0.2, 0.25) is 0 Å². The van der Waals surface area contributed by atoms with E-state index in [0.29, 0.717) is 12.5 Å². The van der Waals surface area contributed by atoms with E-state index in [1.165, 1.54) is 0 Å². The summed E-state index contributed by atoms with van der Waals surface area (Å²) in [6.45, 7) is 0.368. The van der Waals surface area contributed by atoms with Gasteiger partial charge in [-0.2, -0.15) is 8.78 Å². The van der Waals surface area contributed by atoms with E-state index in [-0.39, 0.29) is 6.61 Å². The molecule has 0 amide bonds. The van der Waals surface area contributed by atoms with Crippen LogP contribution in [0.1, 0.15) is 12.5 Å². The Bertz CT molecular complexity index is 850. The summed E-state index contributed by atoms with van der Waals surface area (Å²) in [6, 6.07) is 17.6. The molecule has 4 heteroatoms. The number of fused-ring (bicyclic) bond motifs is 2. The number of hydrogen-bond acceptors (Lipinski definition) is 2. The molecule has 0 unspecified atom stereocenters. The highest BCUT2D eigenvalue weighted by Gasteiger charge is 2.34. The van der Waals surface area contributed by atoms with Crippen LogP contribution in [-0.2, 0) is 16.1 Å². The summed E-state index contributed by atoms with van der Waals surface area (Å²) < 4.78 is 30.2. The maximum absolute atomic E-state index is 12.8. The van der Waals surface area contributed by atoms with Crippen molar-refractivity contribution in [3.63, 3.8) is 0 Å². The predicted molar refractivity (Wildman–Crippen MR) is 81.9 cm³/mol. The molecule has 3 aromatic carbocycles. The topological polar surface area (TPSA) is 26.3 Å². The minimum Gasteiger partial charge on any atom is -0.456 e. The normalized spacial score (nSPS) is 11.8. The Balaban J connectivity index is 1.89. The largest absolute Gasteiger partial charge is 0.456 e. The van der Waals surface area contributed by atoms with Gasteiger partial charge in [0.05, 0.1) is 0 Å². The fraction of sp³-hybridized carbons (Fsp3) is 0.167.